The Kier molecular flexibility index (Phi) is 8.15. The summed E-state index contributed by atoms with van der Waals surface area (Å²) in [7, 11) is 3.54. The summed E-state index contributed by atoms with van der Waals surface area (Å²) in [4.78, 5) is 11.7. The van der Waals surface area contributed by atoms with E-state index in [1.54, 1.807) is 14.1 Å². The number of hydrogen-bond donors (Lipinski definition) is 4. The van der Waals surface area contributed by atoms with Gasteiger partial charge in [-0.3, -0.25) is 4.79 Å². The number of rotatable bonds is 8. The minimum atomic E-state index is -0.537. The zero-order valence-corrected chi connectivity index (χ0v) is 10.7. The second-order valence-corrected chi connectivity index (χ2v) is 4.43. The van der Waals surface area contributed by atoms with E-state index in [0.717, 1.165) is 6.42 Å². The van der Waals surface area contributed by atoms with Crippen LogP contribution in [0.25, 0.3) is 0 Å². The number of carbonyl (C=O) groups is 1. The van der Waals surface area contributed by atoms with E-state index >= 15 is 0 Å². The molecule has 2 unspecified atom stereocenters. The molecule has 1 amide bonds. The lowest BCUT2D eigenvalue weighted by molar-refractivity contribution is -0.123. The number of nitrogens with one attached hydrogen (secondary N) is 3. The Morgan fingerprint density at radius 3 is 2.31 bits per heavy atom. The van der Waals surface area contributed by atoms with Crippen molar-refractivity contribution in [1.29, 1.82) is 0 Å². The fraction of sp³-hybridized carbons (Fsp3) is 0.909. The van der Waals surface area contributed by atoms with Gasteiger partial charge in [-0.2, -0.15) is 0 Å². The maximum absolute atomic E-state index is 11.7. The first kappa shape index (κ1) is 15.3. The molecule has 96 valence electrons. The van der Waals surface area contributed by atoms with Crippen molar-refractivity contribution in [3.8, 4) is 0 Å². The summed E-state index contributed by atoms with van der Waals surface area (Å²) in [6.45, 7) is 4.92. The van der Waals surface area contributed by atoms with Crippen LogP contribution in [-0.2, 0) is 4.79 Å². The van der Waals surface area contributed by atoms with Gasteiger partial charge in [0, 0.05) is 13.1 Å². The van der Waals surface area contributed by atoms with E-state index in [0.29, 0.717) is 12.5 Å². The Balaban J connectivity index is 3.92. The molecule has 16 heavy (non-hydrogen) atoms. The van der Waals surface area contributed by atoms with E-state index in [1.807, 2.05) is 0 Å². The number of carbonyl (C=O) groups excluding carboxylic acids is 1. The highest BCUT2D eigenvalue weighted by atomic mass is 16.3. The van der Waals surface area contributed by atoms with E-state index in [4.69, 9.17) is 0 Å². The average Bonchev–Trinajstić information content (AvgIpc) is 2.22. The second-order valence-electron chi connectivity index (χ2n) is 4.43. The summed E-state index contributed by atoms with van der Waals surface area (Å²) in [5.41, 5.74) is 0. The predicted molar refractivity (Wildman–Crippen MR) is 65.2 cm³/mol. The zero-order valence-electron chi connectivity index (χ0n) is 10.7. The smallest absolute Gasteiger partial charge is 0.237 e. The maximum atomic E-state index is 11.7. The number of aliphatic hydroxyl groups is 1. The number of likely N-dealkylation sites (N-methyl/N-ethyl adjacent to an activating group) is 2. The first-order valence-corrected chi connectivity index (χ1v) is 5.78. The number of hydrogen-bond acceptors (Lipinski definition) is 4. The SMILES string of the molecule is CNCC(O)CNC(=O)C(CC(C)C)NC. The van der Waals surface area contributed by atoms with Crippen LogP contribution in [0.3, 0.4) is 0 Å². The van der Waals surface area contributed by atoms with Crippen molar-refractivity contribution in [2.24, 2.45) is 5.92 Å². The fourth-order valence-corrected chi connectivity index (χ4v) is 1.48. The highest BCUT2D eigenvalue weighted by Crippen LogP contribution is 2.04. The molecule has 0 aromatic carbocycles. The minimum Gasteiger partial charge on any atom is -0.390 e. The lowest BCUT2D eigenvalue weighted by atomic mass is 10.0. The van der Waals surface area contributed by atoms with Crippen molar-refractivity contribution < 1.29 is 9.90 Å². The van der Waals surface area contributed by atoms with E-state index in [1.165, 1.54) is 0 Å². The van der Waals surface area contributed by atoms with Crippen molar-refractivity contribution in [2.45, 2.75) is 32.4 Å². The van der Waals surface area contributed by atoms with Gasteiger partial charge in [0.1, 0.15) is 0 Å². The van der Waals surface area contributed by atoms with Crippen molar-refractivity contribution in [3.63, 3.8) is 0 Å². The van der Waals surface area contributed by atoms with Crippen LogP contribution >= 0.6 is 0 Å². The monoisotopic (exact) mass is 231 g/mol. The fourth-order valence-electron chi connectivity index (χ4n) is 1.48. The third-order valence-electron chi connectivity index (χ3n) is 2.32. The molecule has 4 N–H and O–H groups in total. The van der Waals surface area contributed by atoms with Crippen LogP contribution in [0.2, 0.25) is 0 Å². The van der Waals surface area contributed by atoms with Crippen LogP contribution in [0.4, 0.5) is 0 Å². The first-order chi connectivity index (χ1) is 7.51. The summed E-state index contributed by atoms with van der Waals surface area (Å²) in [6, 6.07) is -0.179. The molecule has 0 heterocycles. The molecule has 0 spiro atoms. The van der Waals surface area contributed by atoms with Crippen LogP contribution in [0.5, 0.6) is 0 Å². The molecule has 0 aromatic rings. The van der Waals surface area contributed by atoms with Crippen LogP contribution in [-0.4, -0.2) is 50.3 Å². The van der Waals surface area contributed by atoms with Crippen LogP contribution < -0.4 is 16.0 Å². The molecule has 0 fully saturated rings. The van der Waals surface area contributed by atoms with Gasteiger partial charge in [-0.25, -0.2) is 0 Å². The predicted octanol–water partition coefficient (Wildman–Crippen LogP) is -0.683. The molecule has 5 heteroatoms. The first-order valence-electron chi connectivity index (χ1n) is 5.78. The summed E-state index contributed by atoms with van der Waals surface area (Å²) in [5, 5.41) is 18.0. The molecular formula is C11H25N3O2. The van der Waals surface area contributed by atoms with Gasteiger partial charge in [-0.1, -0.05) is 13.8 Å². The molecule has 0 radical (unpaired) electrons. The third-order valence-corrected chi connectivity index (χ3v) is 2.32. The number of amides is 1. The maximum Gasteiger partial charge on any atom is 0.237 e. The minimum absolute atomic E-state index is 0.0497. The molecular weight excluding hydrogens is 206 g/mol. The molecule has 0 rings (SSSR count). The topological polar surface area (TPSA) is 73.4 Å². The van der Waals surface area contributed by atoms with E-state index in [9.17, 15) is 9.90 Å². The Hall–Kier alpha value is -0.650. The van der Waals surface area contributed by atoms with E-state index in [-0.39, 0.29) is 18.5 Å². The summed E-state index contributed by atoms with van der Waals surface area (Å²) in [5.74, 6) is 0.414. The molecule has 0 bridgehead atoms. The summed E-state index contributed by atoms with van der Waals surface area (Å²) in [6.07, 6.45) is 0.260. The Morgan fingerprint density at radius 2 is 1.88 bits per heavy atom. The van der Waals surface area contributed by atoms with Crippen molar-refractivity contribution in [3.05, 3.63) is 0 Å². The molecule has 0 saturated carbocycles. The van der Waals surface area contributed by atoms with Crippen LogP contribution in [0.1, 0.15) is 20.3 Å². The Bertz CT molecular complexity index is 198. The van der Waals surface area contributed by atoms with Crippen molar-refractivity contribution in [2.75, 3.05) is 27.2 Å². The highest BCUT2D eigenvalue weighted by Gasteiger charge is 2.17. The van der Waals surface area contributed by atoms with Gasteiger partial charge >= 0.3 is 0 Å². The second kappa shape index (κ2) is 8.50. The average molecular weight is 231 g/mol. The molecule has 0 aliphatic heterocycles. The normalized spacial score (nSPS) is 14.9. The Labute approximate surface area is 98.0 Å². The van der Waals surface area contributed by atoms with Crippen molar-refractivity contribution >= 4 is 5.91 Å². The van der Waals surface area contributed by atoms with Crippen molar-refractivity contribution in [1.82, 2.24) is 16.0 Å². The van der Waals surface area contributed by atoms with Crippen LogP contribution in [0.15, 0.2) is 0 Å². The third kappa shape index (κ3) is 6.76. The van der Waals surface area contributed by atoms with E-state index in [2.05, 4.69) is 29.8 Å². The molecule has 0 aliphatic rings. The quantitative estimate of drug-likeness (QED) is 0.446. The van der Waals surface area contributed by atoms with Gasteiger partial charge < -0.3 is 21.1 Å². The molecule has 5 nitrogen and oxygen atoms in total. The molecule has 2 atom stereocenters. The van der Waals surface area contributed by atoms with Gasteiger partial charge in [0.15, 0.2) is 0 Å². The molecule has 0 saturated heterocycles. The molecule has 0 aromatic heterocycles. The highest BCUT2D eigenvalue weighted by molar-refractivity contribution is 5.81. The van der Waals surface area contributed by atoms with Gasteiger partial charge in [0.05, 0.1) is 12.1 Å². The summed E-state index contributed by atoms with van der Waals surface area (Å²) < 4.78 is 0. The standard InChI is InChI=1S/C11H25N3O2/c1-8(2)5-10(13-4)11(16)14-7-9(15)6-12-3/h8-10,12-13,15H,5-7H2,1-4H3,(H,14,16). The molecule has 0 aliphatic carbocycles. The van der Waals surface area contributed by atoms with E-state index < -0.39 is 6.10 Å². The van der Waals surface area contributed by atoms with Gasteiger partial charge in [-0.05, 0) is 26.4 Å². The lowest BCUT2D eigenvalue weighted by Crippen LogP contribution is -2.46. The van der Waals surface area contributed by atoms with Gasteiger partial charge in [-0.15, -0.1) is 0 Å². The summed E-state index contributed by atoms with van der Waals surface area (Å²) >= 11 is 0. The zero-order chi connectivity index (χ0) is 12.6. The Morgan fingerprint density at radius 1 is 1.25 bits per heavy atom. The van der Waals surface area contributed by atoms with Gasteiger partial charge in [0.2, 0.25) is 5.91 Å². The van der Waals surface area contributed by atoms with Crippen LogP contribution in [0, 0.1) is 5.92 Å². The van der Waals surface area contributed by atoms with Gasteiger partial charge in [0.25, 0.3) is 0 Å². The lowest BCUT2D eigenvalue weighted by Gasteiger charge is -2.19. The number of aliphatic hydroxyl groups excluding tert-OH is 1. The largest absolute Gasteiger partial charge is 0.390 e.